The van der Waals surface area contributed by atoms with E-state index in [0.717, 1.165) is 12.2 Å². The fraction of sp³-hybridized carbons (Fsp3) is 0.556. The first-order valence-corrected chi connectivity index (χ1v) is 4.47. The normalized spacial score (nSPS) is 10.4. The highest BCUT2D eigenvalue weighted by molar-refractivity contribution is 4.94. The van der Waals surface area contributed by atoms with E-state index in [4.69, 9.17) is 12.2 Å². The molecule has 0 bridgehead atoms. The highest BCUT2D eigenvalue weighted by Crippen LogP contribution is 1.97. The number of rotatable bonds is 5. The minimum atomic E-state index is 0.572. The van der Waals surface area contributed by atoms with Crippen LogP contribution in [0, 0.1) is 12.3 Å². The Bertz CT molecular complexity index is 311. The van der Waals surface area contributed by atoms with Gasteiger partial charge in [0.25, 0.3) is 0 Å². The molecule has 0 aliphatic carbocycles. The predicted octanol–water partition coefficient (Wildman–Crippen LogP) is -0.698. The minimum Gasteiger partial charge on any atom is -0.329 e. The molecule has 5 heteroatoms. The first-order chi connectivity index (χ1) is 6.76. The van der Waals surface area contributed by atoms with Crippen LogP contribution in [0.25, 0.3) is 0 Å². The summed E-state index contributed by atoms with van der Waals surface area (Å²) in [5.74, 6) is 2.57. The van der Waals surface area contributed by atoms with Gasteiger partial charge in [-0.05, 0) is 7.05 Å². The number of hydrogen-bond donors (Lipinski definition) is 1. The average molecular weight is 193 g/mol. The Morgan fingerprint density at radius 1 is 1.71 bits per heavy atom. The van der Waals surface area contributed by atoms with Crippen LogP contribution >= 0.6 is 0 Å². The third-order valence-electron chi connectivity index (χ3n) is 1.74. The molecule has 1 aromatic rings. The minimum absolute atomic E-state index is 0.572. The summed E-state index contributed by atoms with van der Waals surface area (Å²) in [7, 11) is 1.95. The summed E-state index contributed by atoms with van der Waals surface area (Å²) in [6.45, 7) is 2.60. The smallest absolute Gasteiger partial charge is 0.0967 e. The van der Waals surface area contributed by atoms with E-state index in [1.165, 1.54) is 0 Å². The summed E-state index contributed by atoms with van der Waals surface area (Å²) in [5.41, 5.74) is 6.31. The molecule has 1 rings (SSSR count). The molecule has 1 aromatic heterocycles. The van der Waals surface area contributed by atoms with E-state index in [0.29, 0.717) is 19.6 Å². The molecule has 1 heterocycles. The van der Waals surface area contributed by atoms with Crippen molar-refractivity contribution < 1.29 is 0 Å². The lowest BCUT2D eigenvalue weighted by molar-refractivity contribution is 0.364. The summed E-state index contributed by atoms with van der Waals surface area (Å²) in [5, 5.41) is 7.93. The lowest BCUT2D eigenvalue weighted by Crippen LogP contribution is -2.18. The van der Waals surface area contributed by atoms with E-state index in [1.807, 2.05) is 18.1 Å². The Hall–Kier alpha value is -1.38. The van der Waals surface area contributed by atoms with Crippen molar-refractivity contribution in [3.63, 3.8) is 0 Å². The van der Waals surface area contributed by atoms with E-state index in [2.05, 4.69) is 16.2 Å². The number of nitrogens with two attached hydrogens (primary N) is 1. The van der Waals surface area contributed by atoms with Gasteiger partial charge in [-0.15, -0.1) is 11.5 Å². The molecule has 5 nitrogen and oxygen atoms in total. The molecule has 14 heavy (non-hydrogen) atoms. The lowest BCUT2D eigenvalue weighted by Gasteiger charge is -2.09. The van der Waals surface area contributed by atoms with Gasteiger partial charge in [-0.25, -0.2) is 0 Å². The van der Waals surface area contributed by atoms with Crippen LogP contribution in [0.15, 0.2) is 6.20 Å². The third-order valence-corrected chi connectivity index (χ3v) is 1.74. The molecule has 76 valence electrons. The number of nitrogens with zero attached hydrogens (tertiary/aromatic N) is 4. The molecule has 0 saturated heterocycles. The second kappa shape index (κ2) is 5.37. The van der Waals surface area contributed by atoms with Crippen LogP contribution in [0.1, 0.15) is 5.69 Å². The Morgan fingerprint density at radius 2 is 2.50 bits per heavy atom. The first kappa shape index (κ1) is 10.7. The van der Waals surface area contributed by atoms with Crippen molar-refractivity contribution in [2.45, 2.75) is 13.1 Å². The summed E-state index contributed by atoms with van der Waals surface area (Å²) in [4.78, 5) is 2.00. The average Bonchev–Trinajstić information content (AvgIpc) is 2.53. The van der Waals surface area contributed by atoms with Gasteiger partial charge in [0.15, 0.2) is 0 Å². The van der Waals surface area contributed by atoms with Crippen LogP contribution in [-0.2, 0) is 13.1 Å². The molecule has 0 unspecified atom stereocenters. The van der Waals surface area contributed by atoms with Crippen molar-refractivity contribution in [1.29, 1.82) is 0 Å². The zero-order valence-electron chi connectivity index (χ0n) is 8.35. The van der Waals surface area contributed by atoms with E-state index in [9.17, 15) is 0 Å². The molecule has 0 radical (unpaired) electrons. The van der Waals surface area contributed by atoms with Gasteiger partial charge in [0.2, 0.25) is 0 Å². The van der Waals surface area contributed by atoms with Crippen molar-refractivity contribution in [2.75, 3.05) is 20.1 Å². The molecule has 0 saturated carbocycles. The first-order valence-electron chi connectivity index (χ1n) is 4.47. The second-order valence-corrected chi connectivity index (χ2v) is 3.14. The summed E-state index contributed by atoms with van der Waals surface area (Å²) >= 11 is 0. The maximum absolute atomic E-state index is 5.39. The van der Waals surface area contributed by atoms with Crippen LogP contribution in [-0.4, -0.2) is 40.0 Å². The Balaban J connectivity index is 2.47. The van der Waals surface area contributed by atoms with Crippen LogP contribution < -0.4 is 5.73 Å². The number of terminal acetylenes is 1. The molecule has 0 spiro atoms. The van der Waals surface area contributed by atoms with Gasteiger partial charge in [-0.2, -0.15) is 0 Å². The third kappa shape index (κ3) is 3.17. The molecular weight excluding hydrogens is 178 g/mol. The van der Waals surface area contributed by atoms with Crippen molar-refractivity contribution in [3.8, 4) is 12.3 Å². The quantitative estimate of drug-likeness (QED) is 0.628. The molecule has 0 fully saturated rings. The Morgan fingerprint density at radius 3 is 3.14 bits per heavy atom. The molecule has 0 aliphatic rings. The monoisotopic (exact) mass is 193 g/mol. The number of hydrogen-bond acceptors (Lipinski definition) is 4. The zero-order valence-corrected chi connectivity index (χ0v) is 8.35. The summed E-state index contributed by atoms with van der Waals surface area (Å²) < 4.78 is 1.74. The molecule has 0 atom stereocenters. The maximum atomic E-state index is 5.39. The van der Waals surface area contributed by atoms with Crippen molar-refractivity contribution in [3.05, 3.63) is 11.9 Å². The van der Waals surface area contributed by atoms with Crippen LogP contribution in [0.3, 0.4) is 0 Å². The van der Waals surface area contributed by atoms with Crippen LogP contribution in [0.4, 0.5) is 0 Å². The number of aromatic nitrogens is 3. The SMILES string of the molecule is C#CCN(C)Cc1cn(CCN)nn1. The van der Waals surface area contributed by atoms with Gasteiger partial charge < -0.3 is 5.73 Å². The maximum Gasteiger partial charge on any atom is 0.0967 e. The second-order valence-electron chi connectivity index (χ2n) is 3.14. The van der Waals surface area contributed by atoms with Gasteiger partial charge in [0.05, 0.1) is 18.8 Å². The van der Waals surface area contributed by atoms with E-state index in [-0.39, 0.29) is 0 Å². The standard InChI is InChI=1S/C9H15N5/c1-3-5-13(2)7-9-8-14(6-4-10)12-11-9/h1,8H,4-7,10H2,2H3. The Labute approximate surface area is 83.9 Å². The van der Waals surface area contributed by atoms with Crippen molar-refractivity contribution >= 4 is 0 Å². The van der Waals surface area contributed by atoms with Crippen molar-refractivity contribution in [2.24, 2.45) is 5.73 Å². The van der Waals surface area contributed by atoms with Gasteiger partial charge in [-0.1, -0.05) is 11.1 Å². The van der Waals surface area contributed by atoms with Crippen molar-refractivity contribution in [1.82, 2.24) is 19.9 Å². The lowest BCUT2D eigenvalue weighted by atomic mass is 10.4. The largest absolute Gasteiger partial charge is 0.329 e. The Kier molecular flexibility index (Phi) is 4.11. The topological polar surface area (TPSA) is 60.0 Å². The zero-order chi connectivity index (χ0) is 10.4. The fourth-order valence-corrected chi connectivity index (χ4v) is 1.14. The van der Waals surface area contributed by atoms with Gasteiger partial charge in [0.1, 0.15) is 0 Å². The van der Waals surface area contributed by atoms with E-state index >= 15 is 0 Å². The highest BCUT2D eigenvalue weighted by Gasteiger charge is 2.02. The molecule has 0 aromatic carbocycles. The molecule has 2 N–H and O–H groups in total. The summed E-state index contributed by atoms with van der Waals surface area (Å²) in [6.07, 6.45) is 7.08. The molecule has 0 amide bonds. The van der Waals surface area contributed by atoms with Crippen LogP contribution in [0.2, 0.25) is 0 Å². The fourth-order valence-electron chi connectivity index (χ4n) is 1.14. The predicted molar refractivity (Wildman–Crippen MR) is 54.2 cm³/mol. The molecular formula is C9H15N5. The molecule has 0 aliphatic heterocycles. The van der Waals surface area contributed by atoms with E-state index in [1.54, 1.807) is 4.68 Å². The van der Waals surface area contributed by atoms with Gasteiger partial charge >= 0.3 is 0 Å². The van der Waals surface area contributed by atoms with Gasteiger partial charge in [-0.3, -0.25) is 9.58 Å². The highest BCUT2D eigenvalue weighted by atomic mass is 15.4. The van der Waals surface area contributed by atoms with E-state index < -0.39 is 0 Å². The summed E-state index contributed by atoms with van der Waals surface area (Å²) in [6, 6.07) is 0. The van der Waals surface area contributed by atoms with Crippen LogP contribution in [0.5, 0.6) is 0 Å². The van der Waals surface area contributed by atoms with Gasteiger partial charge in [0, 0.05) is 19.3 Å².